The molecule has 2 unspecified atom stereocenters. The summed E-state index contributed by atoms with van der Waals surface area (Å²) in [6.07, 6.45) is 0. The van der Waals surface area contributed by atoms with Gasteiger partial charge in [-0.2, -0.15) is 0 Å². The number of aliphatic hydroxyl groups excluding tert-OH is 1. The number of rotatable bonds is 2. The van der Waals surface area contributed by atoms with E-state index in [0.717, 1.165) is 13.1 Å². The molecule has 0 aromatic heterocycles. The fourth-order valence-corrected chi connectivity index (χ4v) is 1.26. The molecule has 1 saturated heterocycles. The monoisotopic (exact) mass is 160 g/mol. The number of hydrogen-bond acceptors (Lipinski definition) is 3. The standard InChI is InChI=1S/C6H14N2O.C2H6/c1-7-6-3-8-2-5(6)4-9;1-2/h5-9H,2-4H2,1H3;1-2H3. The molecule has 1 aliphatic rings. The number of likely N-dealkylation sites (N-methyl/N-ethyl adjacent to an activating group) is 1. The zero-order valence-electron chi connectivity index (χ0n) is 7.72. The first-order valence-electron chi connectivity index (χ1n) is 4.37. The van der Waals surface area contributed by atoms with E-state index >= 15 is 0 Å². The molecule has 3 heteroatoms. The molecule has 11 heavy (non-hydrogen) atoms. The minimum atomic E-state index is 0.290. The molecule has 1 aliphatic heterocycles. The molecule has 2 atom stereocenters. The Morgan fingerprint density at radius 3 is 2.45 bits per heavy atom. The van der Waals surface area contributed by atoms with E-state index in [2.05, 4.69) is 10.6 Å². The number of aliphatic hydroxyl groups is 1. The van der Waals surface area contributed by atoms with E-state index in [0.29, 0.717) is 18.6 Å². The maximum absolute atomic E-state index is 8.79. The minimum Gasteiger partial charge on any atom is -0.396 e. The SMILES string of the molecule is CC.CNC1CNCC1CO. The molecule has 0 saturated carbocycles. The summed E-state index contributed by atoms with van der Waals surface area (Å²) in [5.74, 6) is 0.412. The summed E-state index contributed by atoms with van der Waals surface area (Å²) in [4.78, 5) is 0. The average molecular weight is 160 g/mol. The van der Waals surface area contributed by atoms with Crippen molar-refractivity contribution in [3.63, 3.8) is 0 Å². The molecule has 1 rings (SSSR count). The van der Waals surface area contributed by atoms with E-state index in [4.69, 9.17) is 5.11 Å². The summed E-state index contributed by atoms with van der Waals surface area (Å²) >= 11 is 0. The van der Waals surface area contributed by atoms with Crippen LogP contribution in [0.4, 0.5) is 0 Å². The zero-order valence-corrected chi connectivity index (χ0v) is 7.72. The molecule has 3 nitrogen and oxygen atoms in total. The summed E-state index contributed by atoms with van der Waals surface area (Å²) < 4.78 is 0. The van der Waals surface area contributed by atoms with E-state index in [1.807, 2.05) is 20.9 Å². The van der Waals surface area contributed by atoms with Crippen LogP contribution >= 0.6 is 0 Å². The quantitative estimate of drug-likeness (QED) is 0.525. The second-order valence-corrected chi connectivity index (χ2v) is 2.50. The largest absolute Gasteiger partial charge is 0.396 e. The lowest BCUT2D eigenvalue weighted by molar-refractivity contribution is 0.218. The van der Waals surface area contributed by atoms with Crippen molar-refractivity contribution in [3.8, 4) is 0 Å². The van der Waals surface area contributed by atoms with Gasteiger partial charge in [-0.1, -0.05) is 13.8 Å². The highest BCUT2D eigenvalue weighted by Gasteiger charge is 2.23. The summed E-state index contributed by atoms with van der Waals surface area (Å²) in [5.41, 5.74) is 0. The second-order valence-electron chi connectivity index (χ2n) is 2.50. The van der Waals surface area contributed by atoms with Crippen molar-refractivity contribution in [2.24, 2.45) is 5.92 Å². The maximum Gasteiger partial charge on any atom is 0.0486 e. The van der Waals surface area contributed by atoms with Gasteiger partial charge in [-0.05, 0) is 7.05 Å². The van der Waals surface area contributed by atoms with Crippen molar-refractivity contribution in [2.75, 3.05) is 26.7 Å². The Bertz CT molecular complexity index is 78.2. The fourth-order valence-electron chi connectivity index (χ4n) is 1.26. The van der Waals surface area contributed by atoms with Crippen LogP contribution in [0.15, 0.2) is 0 Å². The van der Waals surface area contributed by atoms with E-state index in [1.54, 1.807) is 0 Å². The maximum atomic E-state index is 8.79. The Morgan fingerprint density at radius 1 is 1.45 bits per heavy atom. The molecular weight excluding hydrogens is 140 g/mol. The van der Waals surface area contributed by atoms with Crippen LogP contribution in [0.25, 0.3) is 0 Å². The highest BCUT2D eigenvalue weighted by atomic mass is 16.3. The first-order valence-corrected chi connectivity index (χ1v) is 4.37. The predicted octanol–water partition coefficient (Wildman–Crippen LogP) is -0.188. The minimum absolute atomic E-state index is 0.290. The third kappa shape index (κ3) is 3.18. The van der Waals surface area contributed by atoms with Crippen molar-refractivity contribution in [3.05, 3.63) is 0 Å². The molecule has 3 N–H and O–H groups in total. The topological polar surface area (TPSA) is 44.3 Å². The molecule has 0 aromatic carbocycles. The smallest absolute Gasteiger partial charge is 0.0486 e. The van der Waals surface area contributed by atoms with Crippen molar-refractivity contribution >= 4 is 0 Å². The van der Waals surface area contributed by atoms with Crippen LogP contribution in [0.2, 0.25) is 0 Å². The van der Waals surface area contributed by atoms with Crippen LogP contribution in [0.1, 0.15) is 13.8 Å². The number of hydrogen-bond donors (Lipinski definition) is 3. The van der Waals surface area contributed by atoms with Crippen LogP contribution in [0, 0.1) is 5.92 Å². The molecule has 0 radical (unpaired) electrons. The van der Waals surface area contributed by atoms with Gasteiger partial charge in [-0.25, -0.2) is 0 Å². The van der Waals surface area contributed by atoms with E-state index < -0.39 is 0 Å². The predicted molar refractivity (Wildman–Crippen MR) is 47.6 cm³/mol. The van der Waals surface area contributed by atoms with Crippen molar-refractivity contribution in [1.29, 1.82) is 0 Å². The van der Waals surface area contributed by atoms with E-state index in [1.165, 1.54) is 0 Å². The van der Waals surface area contributed by atoms with Gasteiger partial charge in [0.1, 0.15) is 0 Å². The van der Waals surface area contributed by atoms with Gasteiger partial charge in [0, 0.05) is 31.7 Å². The van der Waals surface area contributed by atoms with Gasteiger partial charge < -0.3 is 15.7 Å². The van der Waals surface area contributed by atoms with Gasteiger partial charge >= 0.3 is 0 Å². The van der Waals surface area contributed by atoms with Crippen LogP contribution < -0.4 is 10.6 Å². The van der Waals surface area contributed by atoms with Gasteiger partial charge in [-0.15, -0.1) is 0 Å². The third-order valence-electron chi connectivity index (χ3n) is 1.95. The second kappa shape index (κ2) is 6.58. The summed E-state index contributed by atoms with van der Waals surface area (Å²) in [7, 11) is 1.93. The highest BCUT2D eigenvalue weighted by Crippen LogP contribution is 2.06. The Balaban J connectivity index is 0.000000461. The van der Waals surface area contributed by atoms with Gasteiger partial charge in [-0.3, -0.25) is 0 Å². The Kier molecular flexibility index (Phi) is 6.51. The molecule has 0 amide bonds. The van der Waals surface area contributed by atoms with Gasteiger partial charge in [0.25, 0.3) is 0 Å². The van der Waals surface area contributed by atoms with Crippen LogP contribution in [0.3, 0.4) is 0 Å². The van der Waals surface area contributed by atoms with Crippen LogP contribution in [-0.4, -0.2) is 37.9 Å². The van der Waals surface area contributed by atoms with Gasteiger partial charge in [0.05, 0.1) is 0 Å². The van der Waals surface area contributed by atoms with Gasteiger partial charge in [0.2, 0.25) is 0 Å². The molecule has 1 heterocycles. The summed E-state index contributed by atoms with van der Waals surface area (Å²) in [6, 6.07) is 0.468. The molecule has 68 valence electrons. The highest BCUT2D eigenvalue weighted by molar-refractivity contribution is 4.84. The Morgan fingerprint density at radius 2 is 2.09 bits per heavy atom. The molecule has 1 fully saturated rings. The Labute approximate surface area is 69.2 Å². The van der Waals surface area contributed by atoms with Crippen molar-refractivity contribution < 1.29 is 5.11 Å². The fraction of sp³-hybridized carbons (Fsp3) is 1.00. The van der Waals surface area contributed by atoms with E-state index in [-0.39, 0.29) is 0 Å². The lowest BCUT2D eigenvalue weighted by Gasteiger charge is -2.13. The molecule has 0 aliphatic carbocycles. The van der Waals surface area contributed by atoms with E-state index in [9.17, 15) is 0 Å². The Hall–Kier alpha value is -0.120. The molecule has 0 spiro atoms. The summed E-state index contributed by atoms with van der Waals surface area (Å²) in [5, 5.41) is 15.1. The lowest BCUT2D eigenvalue weighted by atomic mass is 10.1. The molecular formula is C8H20N2O. The van der Waals surface area contributed by atoms with Crippen LogP contribution in [0.5, 0.6) is 0 Å². The van der Waals surface area contributed by atoms with Crippen molar-refractivity contribution in [2.45, 2.75) is 19.9 Å². The lowest BCUT2D eigenvalue weighted by Crippen LogP contribution is -2.34. The summed E-state index contributed by atoms with van der Waals surface area (Å²) in [6.45, 7) is 6.22. The molecule has 0 aromatic rings. The number of nitrogens with one attached hydrogen (secondary N) is 2. The third-order valence-corrected chi connectivity index (χ3v) is 1.95. The molecule has 0 bridgehead atoms. The normalized spacial score (nSPS) is 29.5. The van der Waals surface area contributed by atoms with Crippen molar-refractivity contribution in [1.82, 2.24) is 10.6 Å². The first-order chi connectivity index (χ1) is 5.38. The average Bonchev–Trinajstić information content (AvgIpc) is 2.54. The first kappa shape index (κ1) is 10.9. The van der Waals surface area contributed by atoms with Gasteiger partial charge in [0.15, 0.2) is 0 Å². The zero-order chi connectivity index (χ0) is 8.69. The van der Waals surface area contributed by atoms with Crippen LogP contribution in [-0.2, 0) is 0 Å².